The summed E-state index contributed by atoms with van der Waals surface area (Å²) in [5.74, 6) is -1.65. The van der Waals surface area contributed by atoms with Gasteiger partial charge in [0, 0.05) is 48.3 Å². The molecule has 1 saturated carbocycles. The number of hydrogen-bond donors (Lipinski definition) is 2. The number of ketones is 1. The minimum atomic E-state index is -4.75. The zero-order valence-electron chi connectivity index (χ0n) is 30.1. The third-order valence-corrected chi connectivity index (χ3v) is 12.3. The van der Waals surface area contributed by atoms with Crippen LogP contribution < -0.4 is 10.0 Å². The second kappa shape index (κ2) is 13.7. The molecular formula is C37H39F3N8O5S. The molecule has 5 heterocycles. The van der Waals surface area contributed by atoms with Crippen LogP contribution in [-0.4, -0.2) is 80.0 Å². The van der Waals surface area contributed by atoms with Crippen molar-refractivity contribution in [2.24, 2.45) is 11.3 Å². The number of carbonyl (C=O) groups is 3. The van der Waals surface area contributed by atoms with Gasteiger partial charge in [0.1, 0.15) is 35.6 Å². The van der Waals surface area contributed by atoms with Gasteiger partial charge in [0.15, 0.2) is 5.78 Å². The lowest BCUT2D eigenvalue weighted by atomic mass is 9.96. The van der Waals surface area contributed by atoms with E-state index in [9.17, 15) is 36.0 Å². The van der Waals surface area contributed by atoms with Crippen molar-refractivity contribution in [3.05, 3.63) is 77.2 Å². The van der Waals surface area contributed by atoms with E-state index in [1.54, 1.807) is 19.3 Å². The summed E-state index contributed by atoms with van der Waals surface area (Å²) < 4.78 is 71.0. The molecule has 0 spiro atoms. The summed E-state index contributed by atoms with van der Waals surface area (Å²) in [6.45, 7) is 6.14. The first kappa shape index (κ1) is 37.3. The topological polar surface area (TPSA) is 169 Å². The van der Waals surface area contributed by atoms with Gasteiger partial charge in [-0.3, -0.25) is 19.1 Å². The van der Waals surface area contributed by atoms with E-state index in [-0.39, 0.29) is 54.0 Å². The maximum absolute atomic E-state index is 14.6. The Bertz CT molecular complexity index is 2330. The number of alkyl halides is 3. The second-order valence-electron chi connectivity index (χ2n) is 14.4. The van der Waals surface area contributed by atoms with Gasteiger partial charge in [-0.25, -0.2) is 28.1 Å². The largest absolute Gasteiger partial charge is 0.433 e. The number of rotatable bonds is 4. The molecule has 2 aliphatic heterocycles. The summed E-state index contributed by atoms with van der Waals surface area (Å²) in [5.41, 5.74) is 1.16. The van der Waals surface area contributed by atoms with Crippen LogP contribution in [-0.2, 0) is 38.8 Å². The van der Waals surface area contributed by atoms with Gasteiger partial charge < -0.3 is 10.2 Å². The molecule has 2 amide bonds. The van der Waals surface area contributed by atoms with Crippen LogP contribution in [0.1, 0.15) is 66.2 Å². The summed E-state index contributed by atoms with van der Waals surface area (Å²) >= 11 is 0. The second-order valence-corrected chi connectivity index (χ2v) is 16.3. The molecule has 284 valence electrons. The summed E-state index contributed by atoms with van der Waals surface area (Å²) in [5, 5.41) is 7.67. The zero-order chi connectivity index (χ0) is 38.7. The molecule has 3 aliphatic rings. The molecule has 2 fully saturated rings. The first-order valence-corrected chi connectivity index (χ1v) is 19.3. The lowest BCUT2D eigenvalue weighted by molar-refractivity contribution is -0.141. The molecule has 4 atom stereocenters. The van der Waals surface area contributed by atoms with Gasteiger partial charge in [-0.1, -0.05) is 25.1 Å². The molecule has 1 aromatic carbocycles. The van der Waals surface area contributed by atoms with Gasteiger partial charge in [0.05, 0.1) is 11.3 Å². The fraction of sp³-hybridized carbons (Fsp3) is 0.432. The lowest BCUT2D eigenvalue weighted by Crippen LogP contribution is -2.47. The number of allylic oxidation sites excluding steroid dienone is 2. The average Bonchev–Trinajstić information content (AvgIpc) is 3.37. The third-order valence-electron chi connectivity index (χ3n) is 10.9. The predicted molar refractivity (Wildman–Crippen MR) is 193 cm³/mol. The number of piperidine rings is 1. The monoisotopic (exact) mass is 764 g/mol. The van der Waals surface area contributed by atoms with Crippen LogP contribution >= 0.6 is 0 Å². The molecule has 3 aromatic heterocycles. The van der Waals surface area contributed by atoms with Crippen molar-refractivity contribution in [3.8, 4) is 11.1 Å². The number of anilines is 1. The summed E-state index contributed by atoms with van der Waals surface area (Å²) in [4.78, 5) is 55.3. The predicted octanol–water partition coefficient (Wildman–Crippen LogP) is 4.78. The van der Waals surface area contributed by atoms with E-state index in [1.165, 1.54) is 29.5 Å². The van der Waals surface area contributed by atoms with Crippen molar-refractivity contribution < 1.29 is 36.0 Å². The normalized spacial score (nSPS) is 24.8. The lowest BCUT2D eigenvalue weighted by Gasteiger charge is -2.28. The van der Waals surface area contributed by atoms with E-state index in [2.05, 4.69) is 30.1 Å². The zero-order valence-corrected chi connectivity index (χ0v) is 30.9. The number of sulfonamides is 1. The molecule has 1 aliphatic carbocycles. The SMILES string of the molecule is CC(=O)c1nn2c3c(cc(-c4cnc(C)nc4)cc13)C/C=C/CCCS(=O)(=O)NC[C@@]13C[C@@H](C(=O)Nc4nc(C(F)(F)F)ccc4C)N(C(=O)C2)[C@@H]1[C@@H]3C. The number of hydrogen-bond acceptors (Lipinski definition) is 9. The Hall–Kier alpha value is -5.03. The highest BCUT2D eigenvalue weighted by atomic mass is 32.2. The highest BCUT2D eigenvalue weighted by Gasteiger charge is 2.72. The molecule has 17 heteroatoms. The molecule has 1 saturated heterocycles. The Labute approximate surface area is 309 Å². The van der Waals surface area contributed by atoms with E-state index in [0.717, 1.165) is 17.2 Å². The van der Waals surface area contributed by atoms with E-state index in [1.807, 2.05) is 31.2 Å². The summed E-state index contributed by atoms with van der Waals surface area (Å²) in [6.07, 6.45) is 3.65. The molecule has 7 rings (SSSR count). The fourth-order valence-corrected chi connectivity index (χ4v) is 9.12. The highest BCUT2D eigenvalue weighted by molar-refractivity contribution is 7.89. The Balaban J connectivity index is 1.32. The number of benzene rings is 1. The first-order chi connectivity index (χ1) is 25.5. The molecule has 4 aromatic rings. The Morgan fingerprint density at radius 1 is 1.07 bits per heavy atom. The minimum Gasteiger partial charge on any atom is -0.325 e. The van der Waals surface area contributed by atoms with Crippen LogP contribution in [0.15, 0.2) is 48.8 Å². The number of aryl methyl sites for hydroxylation is 2. The maximum Gasteiger partial charge on any atom is 0.433 e. The molecule has 13 nitrogen and oxygen atoms in total. The quantitative estimate of drug-likeness (QED) is 0.219. The molecule has 0 radical (unpaired) electrons. The molecular weight excluding hydrogens is 726 g/mol. The number of amides is 2. The number of nitrogens with zero attached hydrogens (tertiary/aromatic N) is 6. The Morgan fingerprint density at radius 2 is 1.81 bits per heavy atom. The van der Waals surface area contributed by atoms with E-state index < -0.39 is 51.2 Å². The van der Waals surface area contributed by atoms with Crippen molar-refractivity contribution in [2.75, 3.05) is 17.6 Å². The van der Waals surface area contributed by atoms with Crippen LogP contribution in [0.4, 0.5) is 19.0 Å². The van der Waals surface area contributed by atoms with Gasteiger partial charge >= 0.3 is 6.18 Å². The standard InChI is InChI=1S/C37H39F3N8O5S/c1-20-10-11-29(37(38,39)40)44-34(20)45-35(51)28-15-36-19-43-54(52,53)12-8-6-5-7-9-24-13-25(26-16-41-23(4)42-17-26)14-27-31(22(3)49)46-47(32(24)27)18-30(50)48(28)33(36)21(36)2/h5,7,10-11,13-14,16-17,21,28,33,43H,6,8-9,12,15,18-19H2,1-4H3,(H,44,45,51)/b7-5+/t21-,28-,33+,36+/m0/s1. The first-order valence-electron chi connectivity index (χ1n) is 17.6. The number of Topliss-reactive ketones (excluding diaryl/α,β-unsaturated/α-hetero) is 1. The van der Waals surface area contributed by atoms with Gasteiger partial charge in [0.25, 0.3) is 0 Å². The Kier molecular flexibility index (Phi) is 9.44. The van der Waals surface area contributed by atoms with Crippen molar-refractivity contribution in [1.82, 2.24) is 34.4 Å². The molecule has 2 bridgehead atoms. The van der Waals surface area contributed by atoms with Crippen LogP contribution in [0, 0.1) is 25.2 Å². The smallest absolute Gasteiger partial charge is 0.325 e. The van der Waals surface area contributed by atoms with Crippen LogP contribution in [0.3, 0.4) is 0 Å². The summed E-state index contributed by atoms with van der Waals surface area (Å²) in [6, 6.07) is 4.03. The number of halogens is 3. The van der Waals surface area contributed by atoms with Gasteiger partial charge in [0.2, 0.25) is 21.8 Å². The summed E-state index contributed by atoms with van der Waals surface area (Å²) in [7, 11) is -3.72. The number of pyridine rings is 1. The van der Waals surface area contributed by atoms with Gasteiger partial charge in [-0.2, -0.15) is 18.3 Å². The van der Waals surface area contributed by atoms with E-state index >= 15 is 0 Å². The highest BCUT2D eigenvalue weighted by Crippen LogP contribution is 2.64. The molecule has 54 heavy (non-hydrogen) atoms. The van der Waals surface area contributed by atoms with Gasteiger partial charge in [-0.05, 0) is 80.3 Å². The molecule has 0 unspecified atom stereocenters. The van der Waals surface area contributed by atoms with Gasteiger partial charge in [-0.15, -0.1) is 0 Å². The average molecular weight is 765 g/mol. The maximum atomic E-state index is 14.6. The van der Waals surface area contributed by atoms with Crippen LogP contribution in [0.25, 0.3) is 22.0 Å². The van der Waals surface area contributed by atoms with E-state index in [4.69, 9.17) is 0 Å². The van der Waals surface area contributed by atoms with Crippen LogP contribution in [0.5, 0.6) is 0 Å². The Morgan fingerprint density at radius 3 is 2.52 bits per heavy atom. The minimum absolute atomic E-state index is 0.0275. The van der Waals surface area contributed by atoms with Crippen LogP contribution in [0.2, 0.25) is 0 Å². The number of carbonyl (C=O) groups excluding carboxylic acids is 3. The van der Waals surface area contributed by atoms with Crippen molar-refractivity contribution >= 4 is 44.3 Å². The third kappa shape index (κ3) is 6.90. The number of aromatic nitrogens is 5. The van der Waals surface area contributed by atoms with Crippen molar-refractivity contribution in [3.63, 3.8) is 0 Å². The number of nitrogens with one attached hydrogen (secondary N) is 2. The van der Waals surface area contributed by atoms with E-state index in [0.29, 0.717) is 41.6 Å². The van der Waals surface area contributed by atoms with Crippen molar-refractivity contribution in [1.29, 1.82) is 0 Å². The molecule has 2 N–H and O–H groups in total. The fourth-order valence-electron chi connectivity index (χ4n) is 7.94. The van der Waals surface area contributed by atoms with Crippen molar-refractivity contribution in [2.45, 2.75) is 78.2 Å².